The maximum Gasteiger partial charge on any atom is 0.316 e. The van der Waals surface area contributed by atoms with Gasteiger partial charge in [-0.1, -0.05) is 36.1 Å². The Balaban J connectivity index is 1.98. The third kappa shape index (κ3) is 4.28. The zero-order valence-corrected chi connectivity index (χ0v) is 17.2. The first-order valence-electron chi connectivity index (χ1n) is 9.75. The molecular formula is C25H23FO4. The first-order chi connectivity index (χ1) is 14.2. The van der Waals surface area contributed by atoms with Crippen LogP contribution in [0.5, 0.6) is 0 Å². The Morgan fingerprint density at radius 2 is 2.00 bits per heavy atom. The first-order valence-corrected chi connectivity index (χ1v) is 9.75. The highest BCUT2D eigenvalue weighted by molar-refractivity contribution is 5.86. The summed E-state index contributed by atoms with van der Waals surface area (Å²) in [6.07, 6.45) is 4.15. The summed E-state index contributed by atoms with van der Waals surface area (Å²) < 4.78 is 19.4. The van der Waals surface area contributed by atoms with Gasteiger partial charge in [-0.2, -0.15) is 0 Å². The van der Waals surface area contributed by atoms with Gasteiger partial charge < -0.3 is 9.84 Å². The van der Waals surface area contributed by atoms with E-state index in [4.69, 9.17) is 9.84 Å². The zero-order chi connectivity index (χ0) is 21.9. The molecule has 1 atom stereocenters. The van der Waals surface area contributed by atoms with Crippen LogP contribution >= 0.6 is 0 Å². The Bertz CT molecular complexity index is 1100. The fraction of sp³-hybridized carbons (Fsp3) is 0.280. The van der Waals surface area contributed by atoms with Crippen molar-refractivity contribution in [1.82, 2.24) is 0 Å². The Hall–Kier alpha value is -3.39. The summed E-state index contributed by atoms with van der Waals surface area (Å²) in [5.74, 6) is 4.06. The topological polar surface area (TPSA) is 63.6 Å². The Morgan fingerprint density at radius 1 is 1.23 bits per heavy atom. The Labute approximate surface area is 175 Å². The average molecular weight is 406 g/mol. The lowest BCUT2D eigenvalue weighted by Gasteiger charge is -2.31. The molecule has 30 heavy (non-hydrogen) atoms. The van der Waals surface area contributed by atoms with E-state index in [0.29, 0.717) is 18.6 Å². The number of carbonyl (C=O) groups is 2. The van der Waals surface area contributed by atoms with E-state index in [0.717, 1.165) is 22.3 Å². The summed E-state index contributed by atoms with van der Waals surface area (Å²) in [4.78, 5) is 23.4. The molecule has 0 amide bonds. The van der Waals surface area contributed by atoms with E-state index in [1.165, 1.54) is 12.1 Å². The molecule has 4 nitrogen and oxygen atoms in total. The van der Waals surface area contributed by atoms with Crippen LogP contribution in [0.1, 0.15) is 53.6 Å². The van der Waals surface area contributed by atoms with Crippen LogP contribution in [0.15, 0.2) is 36.4 Å². The standard InChI is InChI=1S/C25H23FO4/c1-4-30-24(29)25(3)11-5-6-19-12-16(2)18(14-21(19)25)9-7-17-8-10-20(15-23(27)28)22(26)13-17/h5-6,8,10,12-14H,4,11,15H2,1-3H3,(H,27,28). The fourth-order valence-corrected chi connectivity index (χ4v) is 3.57. The number of halogens is 1. The van der Waals surface area contributed by atoms with Gasteiger partial charge in [-0.05, 0) is 67.6 Å². The molecule has 1 unspecified atom stereocenters. The molecule has 2 aromatic rings. The van der Waals surface area contributed by atoms with Gasteiger partial charge in [0.2, 0.25) is 0 Å². The van der Waals surface area contributed by atoms with E-state index in [9.17, 15) is 14.0 Å². The highest BCUT2D eigenvalue weighted by Crippen LogP contribution is 2.38. The second kappa shape index (κ2) is 8.54. The molecule has 0 aromatic heterocycles. The molecule has 0 spiro atoms. The van der Waals surface area contributed by atoms with E-state index in [1.54, 1.807) is 13.0 Å². The molecule has 0 radical (unpaired) electrons. The molecule has 0 fully saturated rings. The number of benzene rings is 2. The predicted molar refractivity (Wildman–Crippen MR) is 113 cm³/mol. The summed E-state index contributed by atoms with van der Waals surface area (Å²) in [7, 11) is 0. The van der Waals surface area contributed by atoms with Crippen LogP contribution in [0.4, 0.5) is 4.39 Å². The third-order valence-corrected chi connectivity index (χ3v) is 5.28. The van der Waals surface area contributed by atoms with E-state index < -0.39 is 17.2 Å². The van der Waals surface area contributed by atoms with Crippen LogP contribution in [0.3, 0.4) is 0 Å². The number of aliphatic carboxylic acids is 1. The van der Waals surface area contributed by atoms with Crippen molar-refractivity contribution in [3.8, 4) is 11.8 Å². The number of aryl methyl sites for hydroxylation is 1. The predicted octanol–water partition coefficient (Wildman–Crippen LogP) is 4.40. The highest BCUT2D eigenvalue weighted by Gasteiger charge is 2.39. The van der Waals surface area contributed by atoms with Crippen molar-refractivity contribution in [2.75, 3.05) is 6.61 Å². The summed E-state index contributed by atoms with van der Waals surface area (Å²) in [6.45, 7) is 5.91. The molecule has 2 aromatic carbocycles. The number of carboxylic acids is 1. The van der Waals surface area contributed by atoms with Gasteiger partial charge >= 0.3 is 11.9 Å². The van der Waals surface area contributed by atoms with Crippen LogP contribution in [-0.4, -0.2) is 23.7 Å². The number of carbonyl (C=O) groups excluding carboxylic acids is 1. The van der Waals surface area contributed by atoms with E-state index in [-0.39, 0.29) is 18.0 Å². The molecule has 154 valence electrons. The summed E-state index contributed by atoms with van der Waals surface area (Å²) >= 11 is 0. The smallest absolute Gasteiger partial charge is 0.316 e. The van der Waals surface area contributed by atoms with Crippen molar-refractivity contribution in [2.24, 2.45) is 0 Å². The lowest BCUT2D eigenvalue weighted by Crippen LogP contribution is -2.36. The fourth-order valence-electron chi connectivity index (χ4n) is 3.57. The molecule has 0 heterocycles. The second-order valence-corrected chi connectivity index (χ2v) is 7.54. The summed E-state index contributed by atoms with van der Waals surface area (Å²) in [5.41, 5.74) is 3.30. The maximum absolute atomic E-state index is 14.1. The minimum Gasteiger partial charge on any atom is -0.481 e. The molecular weight excluding hydrogens is 383 g/mol. The number of rotatable bonds is 4. The third-order valence-electron chi connectivity index (χ3n) is 5.28. The summed E-state index contributed by atoms with van der Waals surface area (Å²) in [5, 5.41) is 8.82. The van der Waals surface area contributed by atoms with E-state index in [2.05, 4.69) is 11.8 Å². The molecule has 5 heteroatoms. The van der Waals surface area contributed by atoms with Gasteiger partial charge in [-0.25, -0.2) is 4.39 Å². The number of ether oxygens (including phenoxy) is 1. The molecule has 1 aliphatic carbocycles. The second-order valence-electron chi connectivity index (χ2n) is 7.54. The lowest BCUT2D eigenvalue weighted by molar-refractivity contribution is -0.149. The molecule has 3 rings (SSSR count). The normalized spacial score (nSPS) is 16.9. The SMILES string of the molecule is CCOC(=O)C1(C)CC=Cc2cc(C)c(C#Cc3ccc(CC(=O)O)c(F)c3)cc21. The molecule has 1 N–H and O–H groups in total. The van der Waals surface area contributed by atoms with E-state index >= 15 is 0 Å². The van der Waals surface area contributed by atoms with Crippen molar-refractivity contribution in [3.63, 3.8) is 0 Å². The van der Waals surface area contributed by atoms with Gasteiger partial charge in [0.05, 0.1) is 18.4 Å². The van der Waals surface area contributed by atoms with Crippen LogP contribution in [-0.2, 0) is 26.2 Å². The number of carboxylic acid groups (broad SMARTS) is 1. The number of esters is 1. The largest absolute Gasteiger partial charge is 0.481 e. The van der Waals surface area contributed by atoms with Crippen molar-refractivity contribution in [1.29, 1.82) is 0 Å². The molecule has 0 saturated heterocycles. The molecule has 1 aliphatic rings. The highest BCUT2D eigenvalue weighted by atomic mass is 19.1. The minimum atomic E-state index is -1.09. The van der Waals surface area contributed by atoms with Crippen molar-refractivity contribution in [3.05, 3.63) is 75.6 Å². The average Bonchev–Trinajstić information content (AvgIpc) is 2.68. The number of hydrogen-bond acceptors (Lipinski definition) is 3. The minimum absolute atomic E-state index is 0.120. The Kier molecular flexibility index (Phi) is 6.07. The Morgan fingerprint density at radius 3 is 2.67 bits per heavy atom. The van der Waals surface area contributed by atoms with Gasteiger partial charge in [0.25, 0.3) is 0 Å². The van der Waals surface area contributed by atoms with Crippen LogP contribution < -0.4 is 0 Å². The maximum atomic E-state index is 14.1. The van der Waals surface area contributed by atoms with Crippen molar-refractivity contribution in [2.45, 2.75) is 39.0 Å². The van der Waals surface area contributed by atoms with Crippen LogP contribution in [0.25, 0.3) is 6.08 Å². The lowest BCUT2D eigenvalue weighted by atomic mass is 9.73. The zero-order valence-electron chi connectivity index (χ0n) is 17.2. The van der Waals surface area contributed by atoms with Gasteiger partial charge in [0, 0.05) is 11.1 Å². The van der Waals surface area contributed by atoms with Crippen LogP contribution in [0, 0.1) is 24.6 Å². The number of hydrogen-bond donors (Lipinski definition) is 1. The summed E-state index contributed by atoms with van der Waals surface area (Å²) in [6, 6.07) is 8.18. The van der Waals surface area contributed by atoms with Gasteiger partial charge in [-0.15, -0.1) is 0 Å². The molecule has 0 saturated carbocycles. The van der Waals surface area contributed by atoms with E-state index in [1.807, 2.05) is 38.1 Å². The van der Waals surface area contributed by atoms with Crippen molar-refractivity contribution >= 4 is 18.0 Å². The quantitative estimate of drug-likeness (QED) is 0.604. The molecule has 0 bridgehead atoms. The first kappa shape index (κ1) is 21.3. The van der Waals surface area contributed by atoms with Crippen LogP contribution in [0.2, 0.25) is 0 Å². The van der Waals surface area contributed by atoms with Gasteiger partial charge in [0.1, 0.15) is 5.82 Å². The number of allylic oxidation sites excluding steroid dienone is 1. The van der Waals surface area contributed by atoms with Gasteiger partial charge in [-0.3, -0.25) is 9.59 Å². The molecule has 0 aliphatic heterocycles. The number of fused-ring (bicyclic) bond motifs is 1. The monoisotopic (exact) mass is 406 g/mol. The van der Waals surface area contributed by atoms with Crippen molar-refractivity contribution < 1.29 is 23.8 Å². The van der Waals surface area contributed by atoms with Gasteiger partial charge in [0.15, 0.2) is 0 Å².